The lowest BCUT2D eigenvalue weighted by atomic mass is 10.4. The minimum Gasteiger partial charge on any atom is -0.356 e. The molecule has 2 aromatic heterocycles. The van der Waals surface area contributed by atoms with Crippen molar-refractivity contribution in [3.63, 3.8) is 0 Å². The average molecular weight is 204 g/mol. The van der Waals surface area contributed by atoms with Crippen molar-refractivity contribution < 1.29 is 0 Å². The van der Waals surface area contributed by atoms with Crippen LogP contribution in [0, 0.1) is 6.92 Å². The predicted molar refractivity (Wildman–Crippen MR) is 61.3 cm³/mol. The number of aryl methyl sites for hydroxylation is 1. The normalized spacial score (nSPS) is 10.9. The molecule has 2 aromatic rings. The van der Waals surface area contributed by atoms with E-state index in [1.165, 1.54) is 0 Å². The lowest BCUT2D eigenvalue weighted by Crippen LogP contribution is -2.23. The number of anilines is 1. The van der Waals surface area contributed by atoms with Crippen molar-refractivity contribution in [3.05, 3.63) is 24.0 Å². The van der Waals surface area contributed by atoms with Gasteiger partial charge in [0.25, 0.3) is 0 Å². The predicted octanol–water partition coefficient (Wildman–Crippen LogP) is 1.88. The van der Waals surface area contributed by atoms with Gasteiger partial charge in [-0.05, 0) is 32.9 Å². The van der Waals surface area contributed by atoms with Crippen molar-refractivity contribution in [1.82, 2.24) is 14.6 Å². The van der Waals surface area contributed by atoms with Crippen LogP contribution in [0.15, 0.2) is 18.3 Å². The van der Waals surface area contributed by atoms with E-state index in [2.05, 4.69) is 28.8 Å². The molecule has 80 valence electrons. The van der Waals surface area contributed by atoms with E-state index in [0.717, 1.165) is 30.2 Å². The highest BCUT2D eigenvalue weighted by molar-refractivity contribution is 5.46. The summed E-state index contributed by atoms with van der Waals surface area (Å²) in [6.45, 7) is 8.23. The van der Waals surface area contributed by atoms with Crippen molar-refractivity contribution >= 4 is 11.5 Å². The molecule has 0 N–H and O–H groups in total. The number of aromatic nitrogens is 3. The Labute approximate surface area is 89.5 Å². The van der Waals surface area contributed by atoms with Crippen LogP contribution in [0.4, 0.5) is 5.82 Å². The summed E-state index contributed by atoms with van der Waals surface area (Å²) in [7, 11) is 0. The summed E-state index contributed by atoms with van der Waals surface area (Å²) in [5.74, 6) is 1.01. The maximum atomic E-state index is 4.56. The van der Waals surface area contributed by atoms with Gasteiger partial charge in [0.1, 0.15) is 5.82 Å². The fourth-order valence-electron chi connectivity index (χ4n) is 1.69. The summed E-state index contributed by atoms with van der Waals surface area (Å²) in [4.78, 5) is 6.47. The Balaban J connectivity index is 2.49. The Morgan fingerprint density at radius 2 is 2.00 bits per heavy atom. The smallest absolute Gasteiger partial charge is 0.153 e. The van der Waals surface area contributed by atoms with Crippen LogP contribution in [0.3, 0.4) is 0 Å². The van der Waals surface area contributed by atoms with E-state index in [0.29, 0.717) is 0 Å². The van der Waals surface area contributed by atoms with Crippen LogP contribution < -0.4 is 4.90 Å². The molecular formula is C11H16N4. The second kappa shape index (κ2) is 3.88. The summed E-state index contributed by atoms with van der Waals surface area (Å²) in [5, 5.41) is 4.56. The van der Waals surface area contributed by atoms with E-state index in [-0.39, 0.29) is 0 Å². The van der Waals surface area contributed by atoms with Crippen LogP contribution in [-0.2, 0) is 0 Å². The molecule has 4 heteroatoms. The van der Waals surface area contributed by atoms with Gasteiger partial charge in [-0.3, -0.25) is 0 Å². The van der Waals surface area contributed by atoms with E-state index in [9.17, 15) is 0 Å². The molecule has 0 aliphatic rings. The van der Waals surface area contributed by atoms with Gasteiger partial charge in [0.05, 0.1) is 11.9 Å². The zero-order valence-electron chi connectivity index (χ0n) is 9.44. The zero-order chi connectivity index (χ0) is 10.8. The molecule has 0 unspecified atom stereocenters. The number of hydrogen-bond donors (Lipinski definition) is 0. The van der Waals surface area contributed by atoms with Gasteiger partial charge in [0, 0.05) is 13.1 Å². The summed E-state index contributed by atoms with van der Waals surface area (Å²) >= 11 is 0. The molecule has 0 saturated carbocycles. The molecule has 0 aliphatic carbocycles. The van der Waals surface area contributed by atoms with Crippen LogP contribution >= 0.6 is 0 Å². The van der Waals surface area contributed by atoms with E-state index >= 15 is 0 Å². The molecule has 4 nitrogen and oxygen atoms in total. The van der Waals surface area contributed by atoms with Crippen molar-refractivity contribution in [2.75, 3.05) is 18.0 Å². The first-order valence-electron chi connectivity index (χ1n) is 5.32. The molecule has 0 aliphatic heterocycles. The number of imidazole rings is 1. The van der Waals surface area contributed by atoms with E-state index < -0.39 is 0 Å². The Kier molecular flexibility index (Phi) is 2.58. The highest BCUT2D eigenvalue weighted by Crippen LogP contribution is 2.12. The van der Waals surface area contributed by atoms with Crippen LogP contribution in [0.25, 0.3) is 5.65 Å². The van der Waals surface area contributed by atoms with Crippen molar-refractivity contribution in [3.8, 4) is 0 Å². The maximum Gasteiger partial charge on any atom is 0.153 e. The van der Waals surface area contributed by atoms with Gasteiger partial charge in [-0.2, -0.15) is 0 Å². The maximum absolute atomic E-state index is 4.56. The topological polar surface area (TPSA) is 33.4 Å². The molecule has 2 heterocycles. The quantitative estimate of drug-likeness (QED) is 0.765. The molecule has 0 spiro atoms. The molecule has 0 fully saturated rings. The third-order valence-corrected chi connectivity index (χ3v) is 2.61. The Morgan fingerprint density at radius 1 is 1.27 bits per heavy atom. The number of hydrogen-bond acceptors (Lipinski definition) is 3. The Hall–Kier alpha value is -1.58. The minimum atomic E-state index is 0.906. The highest BCUT2D eigenvalue weighted by Gasteiger charge is 2.06. The Bertz CT molecular complexity index is 457. The van der Waals surface area contributed by atoms with Crippen LogP contribution in [-0.4, -0.2) is 27.7 Å². The second-order valence-corrected chi connectivity index (χ2v) is 3.53. The molecule has 0 radical (unpaired) electrons. The Morgan fingerprint density at radius 3 is 2.67 bits per heavy atom. The van der Waals surface area contributed by atoms with E-state index in [1.54, 1.807) is 0 Å². The first-order chi connectivity index (χ1) is 7.26. The van der Waals surface area contributed by atoms with Crippen molar-refractivity contribution in [2.24, 2.45) is 0 Å². The van der Waals surface area contributed by atoms with E-state index in [1.807, 2.05) is 29.8 Å². The fraction of sp³-hybridized carbons (Fsp3) is 0.455. The summed E-state index contributed by atoms with van der Waals surface area (Å²) in [5.41, 5.74) is 1.97. The standard InChI is InChI=1S/C11H16N4/c1-4-14(5-2)11-7-6-10-12-8-9(3)15(10)13-11/h6-8H,4-5H2,1-3H3. The number of nitrogens with zero attached hydrogens (tertiary/aromatic N) is 4. The fourth-order valence-corrected chi connectivity index (χ4v) is 1.69. The first kappa shape index (κ1) is 9.96. The lowest BCUT2D eigenvalue weighted by Gasteiger charge is -2.19. The minimum absolute atomic E-state index is 0.906. The molecule has 0 saturated heterocycles. The van der Waals surface area contributed by atoms with Crippen molar-refractivity contribution in [1.29, 1.82) is 0 Å². The molecule has 0 aromatic carbocycles. The number of rotatable bonds is 3. The van der Waals surface area contributed by atoms with Gasteiger partial charge in [0.15, 0.2) is 5.65 Å². The first-order valence-corrected chi connectivity index (χ1v) is 5.32. The van der Waals surface area contributed by atoms with Gasteiger partial charge < -0.3 is 4.90 Å². The summed E-state index contributed by atoms with van der Waals surface area (Å²) < 4.78 is 1.88. The lowest BCUT2D eigenvalue weighted by molar-refractivity contribution is 0.800. The van der Waals surface area contributed by atoms with Gasteiger partial charge in [-0.15, -0.1) is 5.10 Å². The van der Waals surface area contributed by atoms with Crippen LogP contribution in [0.1, 0.15) is 19.5 Å². The van der Waals surface area contributed by atoms with E-state index in [4.69, 9.17) is 0 Å². The number of fused-ring (bicyclic) bond motifs is 1. The van der Waals surface area contributed by atoms with Gasteiger partial charge in [-0.25, -0.2) is 9.50 Å². The summed E-state index contributed by atoms with van der Waals surface area (Å²) in [6, 6.07) is 4.03. The molecule has 2 rings (SSSR count). The summed E-state index contributed by atoms with van der Waals surface area (Å²) in [6.07, 6.45) is 1.84. The third-order valence-electron chi connectivity index (χ3n) is 2.61. The van der Waals surface area contributed by atoms with Crippen LogP contribution in [0.2, 0.25) is 0 Å². The van der Waals surface area contributed by atoms with Gasteiger partial charge in [0.2, 0.25) is 0 Å². The molecule has 0 amide bonds. The SMILES string of the molecule is CCN(CC)c1ccc2ncc(C)n2n1. The molecular weight excluding hydrogens is 188 g/mol. The second-order valence-electron chi connectivity index (χ2n) is 3.53. The largest absolute Gasteiger partial charge is 0.356 e. The monoisotopic (exact) mass is 204 g/mol. The average Bonchev–Trinajstić information content (AvgIpc) is 2.62. The van der Waals surface area contributed by atoms with Gasteiger partial charge in [-0.1, -0.05) is 0 Å². The zero-order valence-corrected chi connectivity index (χ0v) is 9.44. The molecule has 0 bridgehead atoms. The molecule has 15 heavy (non-hydrogen) atoms. The highest BCUT2D eigenvalue weighted by atomic mass is 15.3. The molecule has 0 atom stereocenters. The third kappa shape index (κ3) is 1.67. The van der Waals surface area contributed by atoms with Gasteiger partial charge >= 0.3 is 0 Å². The van der Waals surface area contributed by atoms with Crippen LogP contribution in [0.5, 0.6) is 0 Å². The van der Waals surface area contributed by atoms with Crippen molar-refractivity contribution in [2.45, 2.75) is 20.8 Å².